The minimum Gasteiger partial charge on any atom is -0.309 e. The van der Waals surface area contributed by atoms with Crippen LogP contribution in [0.4, 0.5) is 0 Å². The Hall–Kier alpha value is -8.41. The summed E-state index contributed by atoms with van der Waals surface area (Å²) in [6.45, 7) is 0. The quantitative estimate of drug-likeness (QED) is 0.162. The molecule has 0 saturated carbocycles. The molecule has 0 saturated heterocycles. The molecule has 3 aromatic heterocycles. The van der Waals surface area contributed by atoms with Crippen LogP contribution in [0, 0.1) is 0 Å². The van der Waals surface area contributed by atoms with Gasteiger partial charge in [0.05, 0.1) is 22.1 Å². The van der Waals surface area contributed by atoms with Crippen LogP contribution < -0.4 is 0 Å². The fourth-order valence-electron chi connectivity index (χ4n) is 9.17. The lowest BCUT2D eigenvalue weighted by Gasteiger charge is -2.14. The highest BCUT2D eigenvalue weighted by Gasteiger charge is 2.23. The first-order valence-electron chi connectivity index (χ1n) is 21.0. The van der Waals surface area contributed by atoms with Crippen molar-refractivity contribution < 1.29 is 0 Å². The van der Waals surface area contributed by atoms with Gasteiger partial charge in [-0.15, -0.1) is 0 Å². The third-order valence-electron chi connectivity index (χ3n) is 12.0. The Morgan fingerprint density at radius 1 is 0.274 bits per heavy atom. The van der Waals surface area contributed by atoms with Gasteiger partial charge in [0.15, 0.2) is 11.6 Å². The van der Waals surface area contributed by atoms with Crippen LogP contribution in [0.5, 0.6) is 0 Å². The van der Waals surface area contributed by atoms with Gasteiger partial charge in [-0.1, -0.05) is 188 Å². The molecule has 12 aromatic rings. The predicted octanol–water partition coefficient (Wildman–Crippen LogP) is 14.4. The summed E-state index contributed by atoms with van der Waals surface area (Å²) in [6.07, 6.45) is 0. The minimum absolute atomic E-state index is 0.557. The highest BCUT2D eigenvalue weighted by molar-refractivity contribution is 6.17. The van der Waals surface area contributed by atoms with Gasteiger partial charge in [0.2, 0.25) is 5.95 Å². The maximum absolute atomic E-state index is 5.37. The summed E-state index contributed by atoms with van der Waals surface area (Å²) in [5.74, 6) is 1.78. The van der Waals surface area contributed by atoms with Gasteiger partial charge in [-0.2, -0.15) is 9.97 Å². The van der Waals surface area contributed by atoms with Crippen molar-refractivity contribution in [1.29, 1.82) is 0 Å². The summed E-state index contributed by atoms with van der Waals surface area (Å²) in [6, 6.07) is 79.3. The molecule has 0 aliphatic heterocycles. The largest absolute Gasteiger partial charge is 0.309 e. The summed E-state index contributed by atoms with van der Waals surface area (Å²) in [4.78, 5) is 15.8. The minimum atomic E-state index is 0.557. The molecule has 5 nitrogen and oxygen atoms in total. The number of aromatic nitrogens is 5. The summed E-state index contributed by atoms with van der Waals surface area (Å²) >= 11 is 0. The van der Waals surface area contributed by atoms with Gasteiger partial charge in [-0.3, -0.25) is 4.57 Å². The van der Waals surface area contributed by atoms with Crippen molar-refractivity contribution >= 4 is 43.6 Å². The van der Waals surface area contributed by atoms with Crippen molar-refractivity contribution in [1.82, 2.24) is 24.1 Å². The first-order valence-corrected chi connectivity index (χ1v) is 21.0. The second-order valence-corrected chi connectivity index (χ2v) is 15.6. The highest BCUT2D eigenvalue weighted by Crippen LogP contribution is 2.42. The number of rotatable bonds is 7. The standard InChI is InChI=1S/C57H37N5/c1-5-18-38(19-6-1)41-24-15-25-43(36-41)56-58-55(40-22-9-3-10-23-40)59-57(60-56)62-52-35-34-42(37-50(52)49-32-16-29-45(54(49)62)39-20-7-2-8-21-39)46-30-17-31-48-47-28-13-14-33-51(47)61(53(46)48)44-26-11-4-12-27-44/h1-37H. The Balaban J connectivity index is 1.14. The number of para-hydroxylation sites is 4. The second-order valence-electron chi connectivity index (χ2n) is 15.6. The second kappa shape index (κ2) is 14.7. The van der Waals surface area contributed by atoms with E-state index in [1.54, 1.807) is 0 Å². The molecule has 0 aliphatic carbocycles. The SMILES string of the molecule is c1ccc(-c2cccc(-c3nc(-c4ccccc4)nc(-n4c5ccc(-c6cccc7c8ccccc8n(-c8ccccc8)c67)cc5c5cccc(-c6ccccc6)c54)n3)c2)cc1. The Morgan fingerprint density at radius 2 is 0.774 bits per heavy atom. The van der Waals surface area contributed by atoms with Gasteiger partial charge >= 0.3 is 0 Å². The van der Waals surface area contributed by atoms with E-state index in [-0.39, 0.29) is 0 Å². The van der Waals surface area contributed by atoms with Gasteiger partial charge in [0.25, 0.3) is 0 Å². The van der Waals surface area contributed by atoms with E-state index in [2.05, 4.69) is 209 Å². The summed E-state index contributed by atoms with van der Waals surface area (Å²) in [5.41, 5.74) is 14.1. The summed E-state index contributed by atoms with van der Waals surface area (Å²) < 4.78 is 4.65. The molecule has 0 aliphatic rings. The molecule has 5 heteroatoms. The molecule has 62 heavy (non-hydrogen) atoms. The van der Waals surface area contributed by atoms with Crippen molar-refractivity contribution in [3.05, 3.63) is 224 Å². The number of fused-ring (bicyclic) bond motifs is 6. The Kier molecular flexibility index (Phi) is 8.42. The van der Waals surface area contributed by atoms with Gasteiger partial charge in [-0.25, -0.2) is 4.98 Å². The average Bonchev–Trinajstić information content (AvgIpc) is 3.88. The van der Waals surface area contributed by atoms with Crippen molar-refractivity contribution in [3.8, 4) is 67.8 Å². The molecule has 290 valence electrons. The first kappa shape index (κ1) is 35.5. The summed E-state index contributed by atoms with van der Waals surface area (Å²) in [7, 11) is 0. The molecule has 0 bridgehead atoms. The molecule has 0 unspecified atom stereocenters. The van der Waals surface area contributed by atoms with E-state index in [4.69, 9.17) is 15.0 Å². The van der Waals surface area contributed by atoms with E-state index >= 15 is 0 Å². The smallest absolute Gasteiger partial charge is 0.238 e. The van der Waals surface area contributed by atoms with E-state index in [9.17, 15) is 0 Å². The maximum atomic E-state index is 5.37. The van der Waals surface area contributed by atoms with Crippen LogP contribution >= 0.6 is 0 Å². The first-order chi connectivity index (χ1) is 30.8. The zero-order valence-corrected chi connectivity index (χ0v) is 33.6. The molecular weight excluding hydrogens is 755 g/mol. The molecule has 12 rings (SSSR count). The van der Waals surface area contributed by atoms with E-state index in [0.717, 1.165) is 72.0 Å². The molecule has 9 aromatic carbocycles. The van der Waals surface area contributed by atoms with Crippen LogP contribution in [0.15, 0.2) is 224 Å². The van der Waals surface area contributed by atoms with Crippen molar-refractivity contribution in [2.45, 2.75) is 0 Å². The van der Waals surface area contributed by atoms with Crippen molar-refractivity contribution in [2.75, 3.05) is 0 Å². The lowest BCUT2D eigenvalue weighted by molar-refractivity contribution is 0.954. The van der Waals surface area contributed by atoms with Crippen LogP contribution in [-0.2, 0) is 0 Å². The lowest BCUT2D eigenvalue weighted by Crippen LogP contribution is -2.07. The number of nitrogens with zero attached hydrogens (tertiary/aromatic N) is 5. The highest BCUT2D eigenvalue weighted by atomic mass is 15.2. The predicted molar refractivity (Wildman–Crippen MR) is 256 cm³/mol. The molecule has 0 N–H and O–H groups in total. The van der Waals surface area contributed by atoms with E-state index < -0.39 is 0 Å². The van der Waals surface area contributed by atoms with E-state index in [1.165, 1.54) is 21.8 Å². The number of benzene rings is 9. The van der Waals surface area contributed by atoms with E-state index in [0.29, 0.717) is 17.6 Å². The molecule has 3 heterocycles. The van der Waals surface area contributed by atoms with Crippen molar-refractivity contribution in [3.63, 3.8) is 0 Å². The molecule has 0 spiro atoms. The van der Waals surface area contributed by atoms with Crippen molar-refractivity contribution in [2.24, 2.45) is 0 Å². The van der Waals surface area contributed by atoms with Crippen LogP contribution in [0.3, 0.4) is 0 Å². The molecule has 0 radical (unpaired) electrons. The maximum Gasteiger partial charge on any atom is 0.238 e. The Bertz CT molecular complexity index is 3610. The monoisotopic (exact) mass is 791 g/mol. The van der Waals surface area contributed by atoms with Gasteiger partial charge in [0.1, 0.15) is 0 Å². The summed E-state index contributed by atoms with van der Waals surface area (Å²) in [5, 5.41) is 4.68. The van der Waals surface area contributed by atoms with Gasteiger partial charge < -0.3 is 4.57 Å². The lowest BCUT2D eigenvalue weighted by atomic mass is 9.98. The van der Waals surface area contributed by atoms with Crippen LogP contribution in [0.25, 0.3) is 111 Å². The van der Waals surface area contributed by atoms with Gasteiger partial charge in [0, 0.05) is 49.5 Å². The zero-order valence-electron chi connectivity index (χ0n) is 33.6. The third kappa shape index (κ3) is 5.90. The van der Waals surface area contributed by atoms with Crippen LogP contribution in [0.1, 0.15) is 0 Å². The zero-order chi connectivity index (χ0) is 41.0. The van der Waals surface area contributed by atoms with E-state index in [1.807, 2.05) is 24.3 Å². The van der Waals surface area contributed by atoms with Crippen LogP contribution in [-0.4, -0.2) is 24.1 Å². The molecular formula is C57H37N5. The number of hydrogen-bond donors (Lipinski definition) is 0. The average molecular weight is 792 g/mol. The fourth-order valence-corrected chi connectivity index (χ4v) is 9.17. The Morgan fingerprint density at radius 3 is 1.50 bits per heavy atom. The molecule has 0 atom stereocenters. The number of hydrogen-bond acceptors (Lipinski definition) is 3. The fraction of sp³-hybridized carbons (Fsp3) is 0. The van der Waals surface area contributed by atoms with Crippen LogP contribution in [0.2, 0.25) is 0 Å². The molecule has 0 amide bonds. The topological polar surface area (TPSA) is 48.5 Å². The third-order valence-corrected chi connectivity index (χ3v) is 12.0. The molecule has 0 fully saturated rings. The normalized spacial score (nSPS) is 11.5. The van der Waals surface area contributed by atoms with Gasteiger partial charge in [-0.05, 0) is 58.7 Å². The Labute approximate surface area is 358 Å².